The van der Waals surface area contributed by atoms with Crippen molar-refractivity contribution >= 4 is 24.0 Å². The van der Waals surface area contributed by atoms with E-state index in [0.717, 1.165) is 35.9 Å². The van der Waals surface area contributed by atoms with E-state index in [1.54, 1.807) is 12.4 Å². The maximum absolute atomic E-state index is 5.83. The van der Waals surface area contributed by atoms with E-state index in [-0.39, 0.29) is 0 Å². The SMILES string of the molecule is S=c1n(CN2CCCSCC2)nc(-c2ccncc2)n1Cc1ccccc1. The lowest BCUT2D eigenvalue weighted by molar-refractivity contribution is 0.221. The van der Waals surface area contributed by atoms with Gasteiger partial charge in [-0.2, -0.15) is 16.9 Å². The Balaban J connectivity index is 1.69. The molecule has 1 aliphatic heterocycles. The Morgan fingerprint density at radius 3 is 2.63 bits per heavy atom. The fourth-order valence-corrected chi connectivity index (χ4v) is 4.46. The number of aromatic nitrogens is 4. The van der Waals surface area contributed by atoms with Gasteiger partial charge in [0, 0.05) is 36.8 Å². The maximum Gasteiger partial charge on any atom is 0.199 e. The van der Waals surface area contributed by atoms with Crippen LogP contribution in [0.1, 0.15) is 12.0 Å². The fraction of sp³-hybridized carbons (Fsp3) is 0.350. The summed E-state index contributed by atoms with van der Waals surface area (Å²) >= 11 is 7.86. The lowest BCUT2D eigenvalue weighted by Crippen LogP contribution is -2.29. The molecule has 5 nitrogen and oxygen atoms in total. The lowest BCUT2D eigenvalue weighted by Gasteiger charge is -2.18. The number of rotatable bonds is 5. The largest absolute Gasteiger partial charge is 0.295 e. The van der Waals surface area contributed by atoms with Gasteiger partial charge in [0.25, 0.3) is 0 Å². The van der Waals surface area contributed by atoms with Crippen LogP contribution < -0.4 is 0 Å². The van der Waals surface area contributed by atoms with Crippen LogP contribution in [0.2, 0.25) is 0 Å². The molecule has 1 aliphatic rings. The molecule has 3 aromatic rings. The number of thioether (sulfide) groups is 1. The van der Waals surface area contributed by atoms with Crippen molar-refractivity contribution in [1.82, 2.24) is 24.2 Å². The Morgan fingerprint density at radius 1 is 1.00 bits per heavy atom. The molecule has 0 bridgehead atoms. The Hall–Kier alpha value is -1.96. The van der Waals surface area contributed by atoms with Crippen LogP contribution in [-0.2, 0) is 13.2 Å². The van der Waals surface area contributed by atoms with Gasteiger partial charge in [0.05, 0.1) is 13.2 Å². The second-order valence-electron chi connectivity index (χ2n) is 6.64. The van der Waals surface area contributed by atoms with Crippen molar-refractivity contribution in [2.45, 2.75) is 19.6 Å². The Kier molecular flexibility index (Phi) is 6.01. The van der Waals surface area contributed by atoms with Crippen molar-refractivity contribution in [2.24, 2.45) is 0 Å². The van der Waals surface area contributed by atoms with Gasteiger partial charge in [-0.1, -0.05) is 30.3 Å². The molecule has 0 aliphatic carbocycles. The molecule has 0 N–H and O–H groups in total. The molecule has 4 rings (SSSR count). The number of pyridine rings is 1. The van der Waals surface area contributed by atoms with Crippen LogP contribution in [0.15, 0.2) is 54.9 Å². The highest BCUT2D eigenvalue weighted by Gasteiger charge is 2.16. The third-order valence-electron chi connectivity index (χ3n) is 4.69. The molecule has 140 valence electrons. The van der Waals surface area contributed by atoms with E-state index in [1.165, 1.54) is 23.5 Å². The Labute approximate surface area is 169 Å². The van der Waals surface area contributed by atoms with Crippen LogP contribution in [0, 0.1) is 4.77 Å². The summed E-state index contributed by atoms with van der Waals surface area (Å²) in [4.78, 5) is 6.59. The summed E-state index contributed by atoms with van der Waals surface area (Å²) in [5.74, 6) is 3.32. The number of benzene rings is 1. The zero-order valence-corrected chi connectivity index (χ0v) is 16.8. The predicted octanol–water partition coefficient (Wildman–Crippen LogP) is 3.92. The predicted molar refractivity (Wildman–Crippen MR) is 113 cm³/mol. The number of hydrogen-bond acceptors (Lipinski definition) is 5. The van der Waals surface area contributed by atoms with Gasteiger partial charge in [-0.3, -0.25) is 14.5 Å². The van der Waals surface area contributed by atoms with Gasteiger partial charge in [-0.05, 0) is 42.1 Å². The van der Waals surface area contributed by atoms with Crippen molar-refractivity contribution in [3.63, 3.8) is 0 Å². The van der Waals surface area contributed by atoms with Crippen molar-refractivity contribution in [3.05, 3.63) is 65.2 Å². The van der Waals surface area contributed by atoms with Crippen LogP contribution in [0.4, 0.5) is 0 Å². The Bertz CT molecular complexity index is 913. The minimum atomic E-state index is 0.715. The van der Waals surface area contributed by atoms with Crippen LogP contribution >= 0.6 is 24.0 Å². The first-order valence-electron chi connectivity index (χ1n) is 9.23. The molecule has 0 unspecified atom stereocenters. The summed E-state index contributed by atoms with van der Waals surface area (Å²) in [5, 5.41) is 4.90. The van der Waals surface area contributed by atoms with E-state index in [1.807, 2.05) is 34.6 Å². The molecule has 1 aromatic carbocycles. The van der Waals surface area contributed by atoms with Gasteiger partial charge >= 0.3 is 0 Å². The van der Waals surface area contributed by atoms with Gasteiger partial charge in [0.1, 0.15) is 0 Å². The molecular weight excluding hydrogens is 374 g/mol. The van der Waals surface area contributed by atoms with Gasteiger partial charge in [-0.15, -0.1) is 0 Å². The number of nitrogens with zero attached hydrogens (tertiary/aromatic N) is 5. The second-order valence-corrected chi connectivity index (χ2v) is 8.23. The van der Waals surface area contributed by atoms with Gasteiger partial charge < -0.3 is 0 Å². The summed E-state index contributed by atoms with van der Waals surface area (Å²) in [6, 6.07) is 14.4. The van der Waals surface area contributed by atoms with Crippen molar-refractivity contribution < 1.29 is 0 Å². The average Bonchev–Trinajstić information content (AvgIpc) is 2.89. The fourth-order valence-electron chi connectivity index (χ4n) is 3.28. The lowest BCUT2D eigenvalue weighted by atomic mass is 10.2. The zero-order chi connectivity index (χ0) is 18.5. The topological polar surface area (TPSA) is 38.9 Å². The highest BCUT2D eigenvalue weighted by molar-refractivity contribution is 7.99. The molecule has 1 fully saturated rings. The van der Waals surface area contributed by atoms with Crippen molar-refractivity contribution in [2.75, 3.05) is 24.6 Å². The minimum absolute atomic E-state index is 0.715. The third kappa shape index (κ3) is 4.48. The molecule has 0 amide bonds. The zero-order valence-electron chi connectivity index (χ0n) is 15.2. The molecule has 0 spiro atoms. The molecule has 0 saturated carbocycles. The molecule has 1 saturated heterocycles. The third-order valence-corrected chi connectivity index (χ3v) is 6.17. The van der Waals surface area contributed by atoms with Crippen molar-refractivity contribution in [3.8, 4) is 11.4 Å². The van der Waals surface area contributed by atoms with Crippen molar-refractivity contribution in [1.29, 1.82) is 0 Å². The van der Waals surface area contributed by atoms with Crippen LogP contribution in [0.3, 0.4) is 0 Å². The van der Waals surface area contributed by atoms with E-state index in [4.69, 9.17) is 17.3 Å². The van der Waals surface area contributed by atoms with Crippen LogP contribution in [0.5, 0.6) is 0 Å². The summed E-state index contributed by atoms with van der Waals surface area (Å²) in [5.41, 5.74) is 2.26. The van der Waals surface area contributed by atoms with Gasteiger partial charge in [-0.25, -0.2) is 4.68 Å². The van der Waals surface area contributed by atoms with E-state index in [2.05, 4.69) is 38.7 Å². The molecular formula is C20H23N5S2. The summed E-state index contributed by atoms with van der Waals surface area (Å²) in [6.45, 7) is 3.65. The average molecular weight is 398 g/mol. The summed E-state index contributed by atoms with van der Waals surface area (Å²) < 4.78 is 4.87. The standard InChI is InChI=1S/C20H23N5S2/c26-20-24(15-17-5-2-1-3-6-17)19(18-7-9-21-10-8-18)22-25(20)16-23-11-4-13-27-14-12-23/h1-3,5-10H,4,11-16H2. The Morgan fingerprint density at radius 2 is 1.81 bits per heavy atom. The number of hydrogen-bond donors (Lipinski definition) is 0. The molecule has 7 heteroatoms. The minimum Gasteiger partial charge on any atom is -0.295 e. The monoisotopic (exact) mass is 397 g/mol. The van der Waals surface area contributed by atoms with E-state index >= 15 is 0 Å². The smallest absolute Gasteiger partial charge is 0.199 e. The first-order valence-corrected chi connectivity index (χ1v) is 10.8. The summed E-state index contributed by atoms with van der Waals surface area (Å²) in [6.07, 6.45) is 4.83. The molecule has 0 radical (unpaired) electrons. The molecule has 2 aromatic heterocycles. The summed E-state index contributed by atoms with van der Waals surface area (Å²) in [7, 11) is 0. The molecule has 27 heavy (non-hydrogen) atoms. The quantitative estimate of drug-likeness (QED) is 0.610. The van der Waals surface area contributed by atoms with Crippen LogP contribution in [-0.4, -0.2) is 48.8 Å². The maximum atomic E-state index is 5.83. The van der Waals surface area contributed by atoms with Gasteiger partial charge in [0.2, 0.25) is 0 Å². The van der Waals surface area contributed by atoms with E-state index < -0.39 is 0 Å². The highest BCUT2D eigenvalue weighted by atomic mass is 32.2. The first-order chi connectivity index (χ1) is 13.3. The highest BCUT2D eigenvalue weighted by Crippen LogP contribution is 2.20. The molecule has 3 heterocycles. The van der Waals surface area contributed by atoms with E-state index in [0.29, 0.717) is 6.54 Å². The van der Waals surface area contributed by atoms with E-state index in [9.17, 15) is 0 Å². The first kappa shape index (κ1) is 18.4. The normalized spacial score (nSPS) is 15.6. The molecule has 0 atom stereocenters. The van der Waals surface area contributed by atoms with Gasteiger partial charge in [0.15, 0.2) is 10.6 Å². The van der Waals surface area contributed by atoms with Crippen LogP contribution in [0.25, 0.3) is 11.4 Å². The second kappa shape index (κ2) is 8.82.